The van der Waals surface area contributed by atoms with Crippen molar-refractivity contribution in [2.75, 3.05) is 19.6 Å². The molecule has 0 bridgehead atoms. The number of hydrogen-bond donors (Lipinski definition) is 1. The number of nitrogens with zero attached hydrogens (tertiary/aromatic N) is 1. The number of carbonyl (C=O) groups excluding carboxylic acids is 1. The lowest BCUT2D eigenvalue weighted by Gasteiger charge is -2.35. The van der Waals surface area contributed by atoms with Crippen molar-refractivity contribution in [2.45, 2.75) is 52.0 Å². The van der Waals surface area contributed by atoms with Gasteiger partial charge in [-0.05, 0) is 57.6 Å². The van der Waals surface area contributed by atoms with E-state index in [4.69, 9.17) is 0 Å². The zero-order valence-corrected chi connectivity index (χ0v) is 14.1. The summed E-state index contributed by atoms with van der Waals surface area (Å²) >= 11 is 0. The van der Waals surface area contributed by atoms with E-state index in [0.717, 1.165) is 25.9 Å². The second kappa shape index (κ2) is 8.94. The topological polar surface area (TPSA) is 32.3 Å². The lowest BCUT2D eigenvalue weighted by Crippen LogP contribution is -2.43. The number of rotatable bonds is 7. The van der Waals surface area contributed by atoms with Crippen molar-refractivity contribution in [3.05, 3.63) is 35.9 Å². The average Bonchev–Trinajstić information content (AvgIpc) is 2.54. The van der Waals surface area contributed by atoms with Gasteiger partial charge in [-0.25, -0.2) is 0 Å². The van der Waals surface area contributed by atoms with Gasteiger partial charge >= 0.3 is 0 Å². The van der Waals surface area contributed by atoms with Gasteiger partial charge in [-0.3, -0.25) is 4.79 Å². The smallest absolute Gasteiger partial charge is 0.220 e. The monoisotopic (exact) mass is 302 g/mol. The summed E-state index contributed by atoms with van der Waals surface area (Å²) in [6.45, 7) is 7.68. The van der Waals surface area contributed by atoms with Gasteiger partial charge in [0.15, 0.2) is 0 Å². The van der Waals surface area contributed by atoms with Crippen LogP contribution in [0.5, 0.6) is 0 Å². The standard InChI is InChI=1S/C19H30N2O/c1-16(2)21-13-7-11-18(15-21)14-20-19(22)12-6-10-17-8-4-3-5-9-17/h3-5,8-9,16,18H,6-7,10-15H2,1-2H3,(H,20,22)/t18-/m1/s1. The van der Waals surface area contributed by atoms with Crippen LogP contribution in [0.1, 0.15) is 45.1 Å². The molecule has 1 N–H and O–H groups in total. The highest BCUT2D eigenvalue weighted by atomic mass is 16.1. The molecule has 1 aliphatic rings. The molecule has 0 unspecified atom stereocenters. The number of amides is 1. The quantitative estimate of drug-likeness (QED) is 0.838. The predicted octanol–water partition coefficient (Wildman–Crippen LogP) is 3.25. The van der Waals surface area contributed by atoms with E-state index < -0.39 is 0 Å². The molecule has 1 aromatic rings. The van der Waals surface area contributed by atoms with E-state index in [1.165, 1.54) is 24.9 Å². The summed E-state index contributed by atoms with van der Waals surface area (Å²) < 4.78 is 0. The van der Waals surface area contributed by atoms with Crippen LogP contribution in [-0.2, 0) is 11.2 Å². The Bertz CT molecular complexity index is 444. The fourth-order valence-corrected chi connectivity index (χ4v) is 3.18. The molecule has 122 valence electrons. The van der Waals surface area contributed by atoms with Crippen molar-refractivity contribution in [1.82, 2.24) is 10.2 Å². The van der Waals surface area contributed by atoms with Crippen molar-refractivity contribution in [3.63, 3.8) is 0 Å². The van der Waals surface area contributed by atoms with Crippen LogP contribution in [0.15, 0.2) is 30.3 Å². The van der Waals surface area contributed by atoms with E-state index in [0.29, 0.717) is 18.4 Å². The summed E-state index contributed by atoms with van der Waals surface area (Å²) in [5.41, 5.74) is 1.31. The fourth-order valence-electron chi connectivity index (χ4n) is 3.18. The predicted molar refractivity (Wildman–Crippen MR) is 91.8 cm³/mol. The number of hydrogen-bond acceptors (Lipinski definition) is 2. The summed E-state index contributed by atoms with van der Waals surface area (Å²) in [7, 11) is 0. The number of piperidine rings is 1. The molecule has 0 saturated carbocycles. The molecule has 1 saturated heterocycles. The van der Waals surface area contributed by atoms with E-state index >= 15 is 0 Å². The minimum absolute atomic E-state index is 0.206. The van der Waals surface area contributed by atoms with Crippen LogP contribution in [0.4, 0.5) is 0 Å². The molecule has 1 fully saturated rings. The summed E-state index contributed by atoms with van der Waals surface area (Å²) in [6.07, 6.45) is 5.05. The molecule has 1 aromatic carbocycles. The first-order valence-electron chi connectivity index (χ1n) is 8.70. The average molecular weight is 302 g/mol. The maximum Gasteiger partial charge on any atom is 0.220 e. The molecule has 1 atom stereocenters. The van der Waals surface area contributed by atoms with Crippen molar-refractivity contribution in [1.29, 1.82) is 0 Å². The molecular formula is C19H30N2O. The number of benzene rings is 1. The molecule has 1 amide bonds. The Morgan fingerprint density at radius 2 is 2.09 bits per heavy atom. The second-order valence-electron chi connectivity index (χ2n) is 6.74. The Hall–Kier alpha value is -1.35. The van der Waals surface area contributed by atoms with Gasteiger partial charge in [-0.1, -0.05) is 30.3 Å². The zero-order valence-electron chi connectivity index (χ0n) is 14.1. The number of likely N-dealkylation sites (tertiary alicyclic amines) is 1. The highest BCUT2D eigenvalue weighted by molar-refractivity contribution is 5.75. The van der Waals surface area contributed by atoms with E-state index in [9.17, 15) is 4.79 Å². The van der Waals surface area contributed by atoms with Gasteiger partial charge in [0, 0.05) is 25.6 Å². The Labute approximate surface area is 135 Å². The molecule has 0 aliphatic carbocycles. The molecule has 3 heteroatoms. The van der Waals surface area contributed by atoms with Crippen molar-refractivity contribution >= 4 is 5.91 Å². The molecule has 0 spiro atoms. The van der Waals surface area contributed by atoms with E-state index in [2.05, 4.69) is 48.3 Å². The molecule has 1 heterocycles. The van der Waals surface area contributed by atoms with Crippen LogP contribution in [0, 0.1) is 5.92 Å². The van der Waals surface area contributed by atoms with Gasteiger partial charge in [0.25, 0.3) is 0 Å². The Balaban J connectivity index is 1.61. The third-order valence-electron chi connectivity index (χ3n) is 4.58. The SMILES string of the molecule is CC(C)N1CCC[C@H](CNC(=O)CCCc2ccccc2)C1. The first-order valence-corrected chi connectivity index (χ1v) is 8.70. The van der Waals surface area contributed by atoms with Crippen molar-refractivity contribution < 1.29 is 4.79 Å². The van der Waals surface area contributed by atoms with Crippen molar-refractivity contribution in [2.24, 2.45) is 5.92 Å². The maximum atomic E-state index is 12.0. The van der Waals surface area contributed by atoms with E-state index in [1.807, 2.05) is 6.07 Å². The second-order valence-corrected chi connectivity index (χ2v) is 6.74. The fraction of sp³-hybridized carbons (Fsp3) is 0.632. The van der Waals surface area contributed by atoms with Crippen LogP contribution in [-0.4, -0.2) is 36.5 Å². The molecule has 0 radical (unpaired) electrons. The van der Waals surface area contributed by atoms with Crippen LogP contribution in [0.25, 0.3) is 0 Å². The number of carbonyl (C=O) groups is 1. The Morgan fingerprint density at radius 1 is 1.32 bits per heavy atom. The molecule has 22 heavy (non-hydrogen) atoms. The Kier molecular flexibility index (Phi) is 6.91. The van der Waals surface area contributed by atoms with E-state index in [1.54, 1.807) is 0 Å². The van der Waals surface area contributed by atoms with Gasteiger partial charge < -0.3 is 10.2 Å². The first-order chi connectivity index (χ1) is 10.6. The Morgan fingerprint density at radius 3 is 2.82 bits per heavy atom. The first kappa shape index (κ1) is 17.0. The highest BCUT2D eigenvalue weighted by Gasteiger charge is 2.21. The van der Waals surface area contributed by atoms with Gasteiger partial charge in [-0.15, -0.1) is 0 Å². The van der Waals surface area contributed by atoms with Crippen LogP contribution >= 0.6 is 0 Å². The number of aryl methyl sites for hydroxylation is 1. The van der Waals surface area contributed by atoms with Gasteiger partial charge in [0.2, 0.25) is 5.91 Å². The summed E-state index contributed by atoms with van der Waals surface area (Å²) in [5, 5.41) is 3.13. The van der Waals surface area contributed by atoms with Crippen LogP contribution in [0.2, 0.25) is 0 Å². The third kappa shape index (κ3) is 5.80. The highest BCUT2D eigenvalue weighted by Crippen LogP contribution is 2.17. The van der Waals surface area contributed by atoms with Crippen LogP contribution in [0.3, 0.4) is 0 Å². The lowest BCUT2D eigenvalue weighted by molar-refractivity contribution is -0.121. The molecular weight excluding hydrogens is 272 g/mol. The molecule has 1 aliphatic heterocycles. The van der Waals surface area contributed by atoms with Gasteiger partial charge in [0.1, 0.15) is 0 Å². The zero-order chi connectivity index (χ0) is 15.8. The van der Waals surface area contributed by atoms with Gasteiger partial charge in [0.05, 0.1) is 0 Å². The van der Waals surface area contributed by atoms with Crippen LogP contribution < -0.4 is 5.32 Å². The summed E-state index contributed by atoms with van der Waals surface area (Å²) in [5.74, 6) is 0.826. The lowest BCUT2D eigenvalue weighted by atomic mass is 9.97. The van der Waals surface area contributed by atoms with Gasteiger partial charge in [-0.2, -0.15) is 0 Å². The summed E-state index contributed by atoms with van der Waals surface area (Å²) in [4.78, 5) is 14.5. The normalized spacial score (nSPS) is 19.3. The number of nitrogens with one attached hydrogen (secondary N) is 1. The minimum Gasteiger partial charge on any atom is -0.356 e. The summed E-state index contributed by atoms with van der Waals surface area (Å²) in [6, 6.07) is 11.0. The largest absolute Gasteiger partial charge is 0.356 e. The van der Waals surface area contributed by atoms with Crippen molar-refractivity contribution in [3.8, 4) is 0 Å². The molecule has 2 rings (SSSR count). The molecule has 0 aromatic heterocycles. The third-order valence-corrected chi connectivity index (χ3v) is 4.58. The minimum atomic E-state index is 0.206. The molecule has 3 nitrogen and oxygen atoms in total. The van der Waals surface area contributed by atoms with E-state index in [-0.39, 0.29) is 5.91 Å². The maximum absolute atomic E-state index is 12.0.